The van der Waals surface area contributed by atoms with Crippen LogP contribution in [0.1, 0.15) is 37.4 Å². The minimum atomic E-state index is -0.681. The van der Waals surface area contributed by atoms with E-state index in [-0.39, 0.29) is 5.92 Å². The fourth-order valence-electron chi connectivity index (χ4n) is 1.95. The molecule has 0 unspecified atom stereocenters. The summed E-state index contributed by atoms with van der Waals surface area (Å²) in [5.74, 6) is 0.232. The molecule has 1 aliphatic rings. The third kappa shape index (κ3) is 1.73. The molecule has 1 aromatic rings. The van der Waals surface area contributed by atoms with E-state index < -0.39 is 5.97 Å². The number of nitrogens with one attached hydrogen (secondary N) is 1. The Labute approximate surface area is 80.7 Å². The largest absolute Gasteiger partial charge is 0.481 e. The van der Waals surface area contributed by atoms with E-state index >= 15 is 0 Å². The number of H-pyrrole nitrogens is 1. The average molecular weight is 196 g/mol. The molecule has 0 spiro atoms. The molecule has 14 heavy (non-hydrogen) atoms. The Morgan fingerprint density at radius 2 is 2.07 bits per heavy atom. The van der Waals surface area contributed by atoms with Crippen LogP contribution in [0.2, 0.25) is 0 Å². The van der Waals surface area contributed by atoms with Gasteiger partial charge < -0.3 is 5.11 Å². The molecule has 2 rings (SSSR count). The first-order valence-corrected chi connectivity index (χ1v) is 4.74. The zero-order chi connectivity index (χ0) is 9.97. The van der Waals surface area contributed by atoms with Crippen LogP contribution >= 0.6 is 0 Å². The van der Waals surface area contributed by atoms with Crippen molar-refractivity contribution in [1.82, 2.24) is 20.6 Å². The van der Waals surface area contributed by atoms with Gasteiger partial charge in [-0.25, -0.2) is 5.10 Å². The van der Waals surface area contributed by atoms with Crippen LogP contribution < -0.4 is 0 Å². The van der Waals surface area contributed by atoms with Gasteiger partial charge in [0, 0.05) is 5.92 Å². The summed E-state index contributed by atoms with van der Waals surface area (Å²) in [6.07, 6.45) is 3.16. The molecule has 6 nitrogen and oxygen atoms in total. The smallest absolute Gasteiger partial charge is 0.306 e. The standard InChI is InChI=1S/C8H12N4O2/c13-8(14)6-3-1-5(2-4-6)7-9-11-12-10-7/h5-6H,1-4H2,(H,13,14)(H,9,10,11,12)/t5-,6-. The summed E-state index contributed by atoms with van der Waals surface area (Å²) in [6, 6.07) is 0. The number of carboxylic acid groups (broad SMARTS) is 1. The van der Waals surface area contributed by atoms with Crippen molar-refractivity contribution in [3.8, 4) is 0 Å². The van der Waals surface area contributed by atoms with Gasteiger partial charge in [-0.2, -0.15) is 0 Å². The summed E-state index contributed by atoms with van der Waals surface area (Å²) in [6.45, 7) is 0. The van der Waals surface area contributed by atoms with Gasteiger partial charge in [0.25, 0.3) is 0 Å². The van der Waals surface area contributed by atoms with Crippen molar-refractivity contribution in [2.75, 3.05) is 0 Å². The highest BCUT2D eigenvalue weighted by Crippen LogP contribution is 2.33. The molecule has 0 saturated heterocycles. The van der Waals surface area contributed by atoms with Crippen molar-refractivity contribution in [3.05, 3.63) is 5.82 Å². The van der Waals surface area contributed by atoms with E-state index in [1.165, 1.54) is 0 Å². The SMILES string of the molecule is O=C(O)[C@H]1CC[C@H](c2nnn[nH]2)CC1. The van der Waals surface area contributed by atoms with Crippen LogP contribution in [0, 0.1) is 5.92 Å². The topological polar surface area (TPSA) is 91.8 Å². The highest BCUT2D eigenvalue weighted by atomic mass is 16.4. The maximum Gasteiger partial charge on any atom is 0.306 e. The van der Waals surface area contributed by atoms with Crippen molar-refractivity contribution in [2.24, 2.45) is 5.92 Å². The van der Waals surface area contributed by atoms with E-state index in [4.69, 9.17) is 5.11 Å². The third-order valence-corrected chi connectivity index (χ3v) is 2.82. The maximum absolute atomic E-state index is 10.7. The van der Waals surface area contributed by atoms with Crippen LogP contribution in [0.3, 0.4) is 0 Å². The Kier molecular flexibility index (Phi) is 2.43. The van der Waals surface area contributed by atoms with E-state index in [1.807, 2.05) is 0 Å². The lowest BCUT2D eigenvalue weighted by Gasteiger charge is -2.23. The zero-order valence-corrected chi connectivity index (χ0v) is 7.68. The number of aliphatic carboxylic acids is 1. The van der Waals surface area contributed by atoms with Crippen LogP contribution in [-0.2, 0) is 4.79 Å². The van der Waals surface area contributed by atoms with Gasteiger partial charge in [0.15, 0.2) is 5.82 Å². The van der Waals surface area contributed by atoms with Crippen molar-refractivity contribution in [1.29, 1.82) is 0 Å². The molecule has 6 heteroatoms. The molecule has 1 fully saturated rings. The predicted octanol–water partition coefficient (Wildman–Crippen LogP) is 0.558. The van der Waals surface area contributed by atoms with Gasteiger partial charge in [-0.3, -0.25) is 4.79 Å². The number of carboxylic acids is 1. The van der Waals surface area contributed by atoms with Gasteiger partial charge >= 0.3 is 5.97 Å². The molecular weight excluding hydrogens is 184 g/mol. The molecule has 0 atom stereocenters. The Bertz CT molecular complexity index is 303. The number of tetrazole rings is 1. The lowest BCUT2D eigenvalue weighted by Crippen LogP contribution is -2.21. The molecular formula is C8H12N4O2. The van der Waals surface area contributed by atoms with Gasteiger partial charge in [-0.15, -0.1) is 5.10 Å². The first kappa shape index (κ1) is 9.11. The summed E-state index contributed by atoms with van der Waals surface area (Å²) in [5.41, 5.74) is 0. The van der Waals surface area contributed by atoms with Crippen LogP contribution in [0.5, 0.6) is 0 Å². The molecule has 1 aliphatic carbocycles. The molecule has 0 amide bonds. The predicted molar refractivity (Wildman–Crippen MR) is 46.5 cm³/mol. The van der Waals surface area contributed by atoms with E-state index in [9.17, 15) is 4.79 Å². The summed E-state index contributed by atoms with van der Waals surface area (Å²) in [7, 11) is 0. The van der Waals surface area contributed by atoms with E-state index in [0.29, 0.717) is 5.92 Å². The third-order valence-electron chi connectivity index (χ3n) is 2.82. The summed E-state index contributed by atoms with van der Waals surface area (Å²) < 4.78 is 0. The molecule has 76 valence electrons. The van der Waals surface area contributed by atoms with Gasteiger partial charge in [0.05, 0.1) is 5.92 Å². The highest BCUT2D eigenvalue weighted by molar-refractivity contribution is 5.70. The van der Waals surface area contributed by atoms with Crippen molar-refractivity contribution in [2.45, 2.75) is 31.6 Å². The Balaban J connectivity index is 1.93. The summed E-state index contributed by atoms with van der Waals surface area (Å²) >= 11 is 0. The molecule has 0 bridgehead atoms. The second kappa shape index (κ2) is 3.73. The number of aromatic amines is 1. The van der Waals surface area contributed by atoms with Gasteiger partial charge in [-0.1, -0.05) is 0 Å². The van der Waals surface area contributed by atoms with Crippen LogP contribution in [0.25, 0.3) is 0 Å². The first-order valence-electron chi connectivity index (χ1n) is 4.74. The monoisotopic (exact) mass is 196 g/mol. The fourth-order valence-corrected chi connectivity index (χ4v) is 1.95. The maximum atomic E-state index is 10.7. The molecule has 1 saturated carbocycles. The minimum Gasteiger partial charge on any atom is -0.481 e. The highest BCUT2D eigenvalue weighted by Gasteiger charge is 2.28. The van der Waals surface area contributed by atoms with Crippen LogP contribution in [0.4, 0.5) is 0 Å². The fraction of sp³-hybridized carbons (Fsp3) is 0.750. The van der Waals surface area contributed by atoms with Crippen molar-refractivity contribution >= 4 is 5.97 Å². The molecule has 1 heterocycles. The van der Waals surface area contributed by atoms with E-state index in [1.54, 1.807) is 0 Å². The number of carbonyl (C=O) groups is 1. The van der Waals surface area contributed by atoms with Crippen LogP contribution in [-0.4, -0.2) is 31.7 Å². The molecule has 2 N–H and O–H groups in total. The number of hydrogen-bond acceptors (Lipinski definition) is 4. The Morgan fingerprint density at radius 3 is 2.57 bits per heavy atom. The molecule has 1 aromatic heterocycles. The second-order valence-electron chi connectivity index (χ2n) is 3.67. The summed E-state index contributed by atoms with van der Waals surface area (Å²) in [5, 5.41) is 22.4. The number of rotatable bonds is 2. The number of nitrogens with zero attached hydrogens (tertiary/aromatic N) is 3. The van der Waals surface area contributed by atoms with Gasteiger partial charge in [0.1, 0.15) is 0 Å². The van der Waals surface area contributed by atoms with Crippen molar-refractivity contribution < 1.29 is 9.90 Å². The van der Waals surface area contributed by atoms with Gasteiger partial charge in [0.2, 0.25) is 0 Å². The lowest BCUT2D eigenvalue weighted by molar-refractivity contribution is -0.142. The van der Waals surface area contributed by atoms with E-state index in [2.05, 4.69) is 20.6 Å². The number of hydrogen-bond donors (Lipinski definition) is 2. The average Bonchev–Trinajstić information content (AvgIpc) is 2.71. The normalized spacial score (nSPS) is 27.4. The first-order chi connectivity index (χ1) is 6.77. The second-order valence-corrected chi connectivity index (χ2v) is 3.67. The number of aromatic nitrogens is 4. The van der Waals surface area contributed by atoms with Crippen LogP contribution in [0.15, 0.2) is 0 Å². The molecule has 0 aromatic carbocycles. The molecule has 0 radical (unpaired) electrons. The molecule has 0 aliphatic heterocycles. The quantitative estimate of drug-likeness (QED) is 0.721. The van der Waals surface area contributed by atoms with Crippen molar-refractivity contribution in [3.63, 3.8) is 0 Å². The Morgan fingerprint density at radius 1 is 1.36 bits per heavy atom. The lowest BCUT2D eigenvalue weighted by atomic mass is 9.82. The van der Waals surface area contributed by atoms with Gasteiger partial charge in [-0.05, 0) is 36.1 Å². The van der Waals surface area contributed by atoms with E-state index in [0.717, 1.165) is 31.5 Å². The zero-order valence-electron chi connectivity index (χ0n) is 7.68. The Hall–Kier alpha value is -1.46. The summed E-state index contributed by atoms with van der Waals surface area (Å²) in [4.78, 5) is 10.7. The minimum absolute atomic E-state index is 0.179.